The Morgan fingerprint density at radius 3 is 2.67 bits per heavy atom. The Kier molecular flexibility index (Phi) is 7.12. The van der Waals surface area contributed by atoms with Gasteiger partial charge in [0, 0.05) is 25.3 Å². The van der Waals surface area contributed by atoms with E-state index in [-0.39, 0.29) is 5.91 Å². The average Bonchev–Trinajstić information content (AvgIpc) is 3.25. The molecule has 1 atom stereocenters. The fourth-order valence-electron chi connectivity index (χ4n) is 3.76. The van der Waals surface area contributed by atoms with Crippen LogP contribution in [0.5, 0.6) is 11.5 Å². The van der Waals surface area contributed by atoms with Crippen molar-refractivity contribution >= 4 is 12.0 Å². The molecule has 2 fully saturated rings. The quantitative estimate of drug-likeness (QED) is 0.743. The van der Waals surface area contributed by atoms with E-state index in [1.807, 2.05) is 18.2 Å². The van der Waals surface area contributed by atoms with Crippen LogP contribution in [0.1, 0.15) is 24.8 Å². The molecule has 6 heteroatoms. The van der Waals surface area contributed by atoms with Crippen molar-refractivity contribution in [1.29, 1.82) is 0 Å². The van der Waals surface area contributed by atoms with Crippen molar-refractivity contribution in [2.24, 2.45) is 5.92 Å². The maximum Gasteiger partial charge on any atom is 0.244 e. The molecule has 2 aliphatic rings. The highest BCUT2D eigenvalue weighted by Gasteiger charge is 2.27. The fourth-order valence-corrected chi connectivity index (χ4v) is 3.76. The topological polar surface area (TPSA) is 60.0 Å². The van der Waals surface area contributed by atoms with Gasteiger partial charge in [0.05, 0.1) is 20.8 Å². The first-order valence-corrected chi connectivity index (χ1v) is 9.69. The summed E-state index contributed by atoms with van der Waals surface area (Å²) in [5, 5.41) is 3.03. The van der Waals surface area contributed by atoms with E-state index >= 15 is 0 Å². The molecule has 0 saturated carbocycles. The van der Waals surface area contributed by atoms with E-state index in [0.29, 0.717) is 23.5 Å². The summed E-state index contributed by atoms with van der Waals surface area (Å²) < 4.78 is 16.0. The first kappa shape index (κ1) is 19.7. The maximum atomic E-state index is 12.1. The molecule has 0 spiro atoms. The van der Waals surface area contributed by atoms with Crippen LogP contribution >= 0.6 is 0 Å². The number of benzene rings is 1. The number of likely N-dealkylation sites (tertiary alicyclic amines) is 1. The summed E-state index contributed by atoms with van der Waals surface area (Å²) in [7, 11) is 3.20. The van der Waals surface area contributed by atoms with E-state index in [0.717, 1.165) is 57.7 Å². The molecular weight excluding hydrogens is 344 g/mol. The number of nitrogens with one attached hydrogen (secondary N) is 1. The molecule has 0 aliphatic carbocycles. The number of piperidine rings is 1. The van der Waals surface area contributed by atoms with Crippen molar-refractivity contribution in [3.8, 4) is 11.5 Å². The lowest BCUT2D eigenvalue weighted by Gasteiger charge is -2.35. The molecule has 3 rings (SSSR count). The number of rotatable bonds is 7. The van der Waals surface area contributed by atoms with Gasteiger partial charge >= 0.3 is 0 Å². The number of hydrogen-bond acceptors (Lipinski definition) is 5. The van der Waals surface area contributed by atoms with Crippen LogP contribution in [0, 0.1) is 5.92 Å². The van der Waals surface area contributed by atoms with E-state index in [9.17, 15) is 4.79 Å². The van der Waals surface area contributed by atoms with Crippen molar-refractivity contribution in [2.45, 2.75) is 25.3 Å². The second-order valence-electron chi connectivity index (χ2n) is 7.19. The van der Waals surface area contributed by atoms with E-state index in [1.165, 1.54) is 0 Å². The van der Waals surface area contributed by atoms with Gasteiger partial charge in [-0.1, -0.05) is 6.07 Å². The van der Waals surface area contributed by atoms with Gasteiger partial charge in [-0.3, -0.25) is 9.69 Å². The van der Waals surface area contributed by atoms with Crippen molar-refractivity contribution in [3.63, 3.8) is 0 Å². The summed E-state index contributed by atoms with van der Waals surface area (Å²) in [5.41, 5.74) is 0.898. The predicted octanol–water partition coefficient (Wildman–Crippen LogP) is 2.33. The molecule has 6 nitrogen and oxygen atoms in total. The lowest BCUT2D eigenvalue weighted by atomic mass is 9.95. The van der Waals surface area contributed by atoms with Gasteiger partial charge in [0.25, 0.3) is 0 Å². The van der Waals surface area contributed by atoms with E-state index in [2.05, 4.69) is 10.2 Å². The fraction of sp³-hybridized carbons (Fsp3) is 0.571. The number of amides is 1. The van der Waals surface area contributed by atoms with Gasteiger partial charge < -0.3 is 19.5 Å². The van der Waals surface area contributed by atoms with Crippen molar-refractivity contribution < 1.29 is 19.0 Å². The molecule has 0 bridgehead atoms. The predicted molar refractivity (Wildman–Crippen MR) is 105 cm³/mol. The molecule has 2 saturated heterocycles. The van der Waals surface area contributed by atoms with E-state index in [4.69, 9.17) is 14.2 Å². The Labute approximate surface area is 161 Å². The van der Waals surface area contributed by atoms with Gasteiger partial charge in [-0.25, -0.2) is 0 Å². The van der Waals surface area contributed by atoms with Crippen LogP contribution in [-0.2, 0) is 9.53 Å². The molecule has 0 aromatic heterocycles. The Balaban J connectivity index is 1.41. The summed E-state index contributed by atoms with van der Waals surface area (Å²) in [6.45, 7) is 4.73. The van der Waals surface area contributed by atoms with Crippen LogP contribution in [0.25, 0.3) is 6.08 Å². The normalized spacial score (nSPS) is 21.5. The highest BCUT2D eigenvalue weighted by molar-refractivity contribution is 5.91. The second-order valence-corrected chi connectivity index (χ2v) is 7.19. The number of methoxy groups -OCH3 is 2. The molecule has 1 aromatic carbocycles. The Morgan fingerprint density at radius 1 is 1.22 bits per heavy atom. The molecule has 2 aliphatic heterocycles. The van der Waals surface area contributed by atoms with E-state index < -0.39 is 0 Å². The Bertz CT molecular complexity index is 648. The summed E-state index contributed by atoms with van der Waals surface area (Å²) >= 11 is 0. The van der Waals surface area contributed by atoms with Gasteiger partial charge in [-0.15, -0.1) is 0 Å². The van der Waals surface area contributed by atoms with Crippen LogP contribution in [-0.4, -0.2) is 63.9 Å². The zero-order valence-corrected chi connectivity index (χ0v) is 16.3. The van der Waals surface area contributed by atoms with Crippen LogP contribution in [0.4, 0.5) is 0 Å². The van der Waals surface area contributed by atoms with E-state index in [1.54, 1.807) is 26.4 Å². The Hall–Kier alpha value is -2.05. The smallest absolute Gasteiger partial charge is 0.244 e. The third-order valence-electron chi connectivity index (χ3n) is 5.47. The van der Waals surface area contributed by atoms with Gasteiger partial charge in [0.1, 0.15) is 0 Å². The van der Waals surface area contributed by atoms with Crippen LogP contribution in [0.15, 0.2) is 24.3 Å². The summed E-state index contributed by atoms with van der Waals surface area (Å²) in [4.78, 5) is 14.7. The highest BCUT2D eigenvalue weighted by Crippen LogP contribution is 2.28. The largest absolute Gasteiger partial charge is 0.493 e. The monoisotopic (exact) mass is 374 g/mol. The minimum Gasteiger partial charge on any atom is -0.493 e. The van der Waals surface area contributed by atoms with Gasteiger partial charge in [0.2, 0.25) is 5.91 Å². The first-order valence-electron chi connectivity index (χ1n) is 9.69. The molecule has 1 amide bonds. The number of ether oxygens (including phenoxy) is 3. The lowest BCUT2D eigenvalue weighted by Crippen LogP contribution is -2.43. The number of hydrogen-bond donors (Lipinski definition) is 1. The molecule has 1 N–H and O–H groups in total. The van der Waals surface area contributed by atoms with Crippen LogP contribution < -0.4 is 14.8 Å². The highest BCUT2D eigenvalue weighted by atomic mass is 16.5. The first-order chi connectivity index (χ1) is 13.2. The number of carbonyl (C=O) groups is 1. The molecule has 0 unspecified atom stereocenters. The molecule has 148 valence electrons. The minimum atomic E-state index is -0.0589. The van der Waals surface area contributed by atoms with Gasteiger partial charge in [0.15, 0.2) is 11.5 Å². The van der Waals surface area contributed by atoms with Crippen molar-refractivity contribution in [2.75, 3.05) is 47.1 Å². The zero-order chi connectivity index (χ0) is 19.1. The standard InChI is InChI=1S/C21H30N2O4/c1-25-19-5-3-16(13-20(19)26-2)4-6-21(24)22-14-17-7-10-23(11-8-17)18-9-12-27-15-18/h3-6,13,17-18H,7-12,14-15H2,1-2H3,(H,22,24)/b6-4+/t18-/m1/s1. The third-order valence-corrected chi connectivity index (χ3v) is 5.47. The summed E-state index contributed by atoms with van der Waals surface area (Å²) in [6, 6.07) is 6.18. The molecule has 1 aromatic rings. The SMILES string of the molecule is COc1ccc(/C=C/C(=O)NCC2CCN([C@@H]3CCOC3)CC2)cc1OC. The summed E-state index contributed by atoms with van der Waals surface area (Å²) in [5.74, 6) is 1.83. The van der Waals surface area contributed by atoms with Gasteiger partial charge in [-0.05, 0) is 62.0 Å². The molecule has 2 heterocycles. The van der Waals surface area contributed by atoms with Crippen LogP contribution in [0.3, 0.4) is 0 Å². The minimum absolute atomic E-state index is 0.0589. The summed E-state index contributed by atoms with van der Waals surface area (Å²) in [6.07, 6.45) is 6.79. The maximum absolute atomic E-state index is 12.1. The number of nitrogens with zero attached hydrogens (tertiary/aromatic N) is 1. The van der Waals surface area contributed by atoms with Crippen LogP contribution in [0.2, 0.25) is 0 Å². The van der Waals surface area contributed by atoms with Crippen molar-refractivity contribution in [1.82, 2.24) is 10.2 Å². The molecule has 0 radical (unpaired) electrons. The average molecular weight is 374 g/mol. The Morgan fingerprint density at radius 2 is 2.00 bits per heavy atom. The molecule has 27 heavy (non-hydrogen) atoms. The zero-order valence-electron chi connectivity index (χ0n) is 16.3. The third kappa shape index (κ3) is 5.47. The lowest BCUT2D eigenvalue weighted by molar-refractivity contribution is -0.116. The van der Waals surface area contributed by atoms with Gasteiger partial charge in [-0.2, -0.15) is 0 Å². The second kappa shape index (κ2) is 9.76. The molecular formula is C21H30N2O4. The van der Waals surface area contributed by atoms with Crippen molar-refractivity contribution in [3.05, 3.63) is 29.8 Å². The number of carbonyl (C=O) groups excluding carboxylic acids is 1.